The molecular formula is C21H18N2O2. The summed E-state index contributed by atoms with van der Waals surface area (Å²) < 4.78 is 5.18. The summed E-state index contributed by atoms with van der Waals surface area (Å²) in [6, 6.07) is 18.5. The van der Waals surface area contributed by atoms with Crippen LogP contribution in [-0.4, -0.2) is 5.97 Å². The number of nitriles is 2. The van der Waals surface area contributed by atoms with E-state index in [9.17, 15) is 10.1 Å². The normalized spacial score (nSPS) is 10.8. The summed E-state index contributed by atoms with van der Waals surface area (Å²) in [6.45, 7) is 4.15. The summed E-state index contributed by atoms with van der Waals surface area (Å²) in [5.41, 5.74) is 2.92. The molecule has 4 nitrogen and oxygen atoms in total. The van der Waals surface area contributed by atoms with E-state index in [1.807, 2.05) is 36.4 Å². The number of hydrogen-bond donors (Lipinski definition) is 0. The number of carbonyl (C=O) groups excluding carboxylic acids is 1. The van der Waals surface area contributed by atoms with Crippen LogP contribution in [0.3, 0.4) is 0 Å². The first kappa shape index (κ1) is 18.0. The quantitative estimate of drug-likeness (QED) is 0.464. The van der Waals surface area contributed by atoms with Gasteiger partial charge >= 0.3 is 5.97 Å². The van der Waals surface area contributed by atoms with Crippen molar-refractivity contribution in [3.63, 3.8) is 0 Å². The fraction of sp³-hybridized carbons (Fsp3) is 0.190. The Morgan fingerprint density at radius 3 is 2.40 bits per heavy atom. The van der Waals surface area contributed by atoms with Crippen molar-refractivity contribution in [2.45, 2.75) is 26.4 Å². The Labute approximate surface area is 147 Å². The fourth-order valence-corrected chi connectivity index (χ4v) is 2.26. The highest BCUT2D eigenvalue weighted by atomic mass is 16.5. The molecule has 4 heteroatoms. The lowest BCUT2D eigenvalue weighted by atomic mass is 10.0. The van der Waals surface area contributed by atoms with Gasteiger partial charge in [0, 0.05) is 5.56 Å². The Hall–Kier alpha value is -3.37. The van der Waals surface area contributed by atoms with Crippen molar-refractivity contribution < 1.29 is 9.53 Å². The maximum absolute atomic E-state index is 12.1. The molecule has 2 aromatic carbocycles. The molecule has 0 amide bonds. The number of hydrogen-bond acceptors (Lipinski definition) is 4. The van der Waals surface area contributed by atoms with Gasteiger partial charge in [0.1, 0.15) is 18.2 Å². The maximum Gasteiger partial charge on any atom is 0.349 e. The van der Waals surface area contributed by atoms with E-state index in [0.717, 1.165) is 5.56 Å². The Balaban J connectivity index is 2.10. The molecule has 0 radical (unpaired) electrons. The predicted octanol–water partition coefficient (Wildman–Crippen LogP) is 4.33. The Morgan fingerprint density at radius 1 is 1.12 bits per heavy atom. The third-order valence-electron chi connectivity index (χ3n) is 3.75. The molecule has 0 atom stereocenters. The lowest BCUT2D eigenvalue weighted by molar-refractivity contribution is -0.139. The van der Waals surface area contributed by atoms with Gasteiger partial charge in [0.15, 0.2) is 0 Å². The highest BCUT2D eigenvalue weighted by Crippen LogP contribution is 2.17. The molecule has 124 valence electrons. The summed E-state index contributed by atoms with van der Waals surface area (Å²) in [4.78, 5) is 12.1. The molecule has 0 N–H and O–H groups in total. The summed E-state index contributed by atoms with van der Waals surface area (Å²) in [7, 11) is 0. The molecule has 25 heavy (non-hydrogen) atoms. The molecule has 0 aliphatic rings. The molecule has 0 fully saturated rings. The van der Waals surface area contributed by atoms with E-state index in [0.29, 0.717) is 17.0 Å². The second-order valence-electron chi connectivity index (χ2n) is 5.84. The van der Waals surface area contributed by atoms with Gasteiger partial charge in [-0.05, 0) is 29.2 Å². The summed E-state index contributed by atoms with van der Waals surface area (Å²) in [5, 5.41) is 18.3. The van der Waals surface area contributed by atoms with Crippen molar-refractivity contribution in [1.29, 1.82) is 10.5 Å². The van der Waals surface area contributed by atoms with Crippen molar-refractivity contribution in [3.8, 4) is 12.1 Å². The first-order valence-electron chi connectivity index (χ1n) is 7.92. The SMILES string of the molecule is CC(C)c1ccc(/C=C(\C#N)C(=O)OCc2ccccc2C#N)cc1. The summed E-state index contributed by atoms with van der Waals surface area (Å²) in [5.74, 6) is -0.290. The third kappa shape index (κ3) is 4.80. The van der Waals surface area contributed by atoms with Gasteiger partial charge in [-0.25, -0.2) is 4.79 Å². The van der Waals surface area contributed by atoms with E-state index >= 15 is 0 Å². The third-order valence-corrected chi connectivity index (χ3v) is 3.75. The van der Waals surface area contributed by atoms with E-state index in [2.05, 4.69) is 13.8 Å². The Kier molecular flexibility index (Phi) is 6.09. The van der Waals surface area contributed by atoms with Gasteiger partial charge in [-0.15, -0.1) is 0 Å². The summed E-state index contributed by atoms with van der Waals surface area (Å²) >= 11 is 0. The van der Waals surface area contributed by atoms with Crippen molar-refractivity contribution >= 4 is 12.0 Å². The van der Waals surface area contributed by atoms with Crippen LogP contribution in [0, 0.1) is 22.7 Å². The van der Waals surface area contributed by atoms with E-state index < -0.39 is 5.97 Å². The zero-order chi connectivity index (χ0) is 18.2. The van der Waals surface area contributed by atoms with Gasteiger partial charge in [0.05, 0.1) is 11.6 Å². The molecule has 2 aromatic rings. The second kappa shape index (κ2) is 8.47. The number of nitrogens with zero attached hydrogens (tertiary/aromatic N) is 2. The van der Waals surface area contributed by atoms with Crippen molar-refractivity contribution in [2.75, 3.05) is 0 Å². The molecule has 0 aromatic heterocycles. The van der Waals surface area contributed by atoms with E-state index in [-0.39, 0.29) is 12.2 Å². The molecule has 0 saturated heterocycles. The lowest BCUT2D eigenvalue weighted by Crippen LogP contribution is -2.07. The minimum Gasteiger partial charge on any atom is -0.457 e. The van der Waals surface area contributed by atoms with Crippen LogP contribution in [0.25, 0.3) is 6.08 Å². The first-order valence-corrected chi connectivity index (χ1v) is 7.92. The van der Waals surface area contributed by atoms with Gasteiger partial charge in [-0.2, -0.15) is 10.5 Å². The van der Waals surface area contributed by atoms with Crippen LogP contribution >= 0.6 is 0 Å². The monoisotopic (exact) mass is 330 g/mol. The molecule has 0 spiro atoms. The fourth-order valence-electron chi connectivity index (χ4n) is 2.26. The topological polar surface area (TPSA) is 73.9 Å². The predicted molar refractivity (Wildman–Crippen MR) is 95.1 cm³/mol. The second-order valence-corrected chi connectivity index (χ2v) is 5.84. The van der Waals surface area contributed by atoms with Gasteiger partial charge in [0.2, 0.25) is 0 Å². The summed E-state index contributed by atoms with van der Waals surface area (Å²) in [6.07, 6.45) is 1.50. The van der Waals surface area contributed by atoms with Gasteiger partial charge in [0.25, 0.3) is 0 Å². The minimum atomic E-state index is -0.705. The molecule has 2 rings (SSSR count). The number of carbonyl (C=O) groups is 1. The molecule has 0 aliphatic carbocycles. The average molecular weight is 330 g/mol. The van der Waals surface area contributed by atoms with Crippen molar-refractivity contribution in [3.05, 3.63) is 76.4 Å². The zero-order valence-corrected chi connectivity index (χ0v) is 14.2. The van der Waals surface area contributed by atoms with Crippen LogP contribution in [0.15, 0.2) is 54.1 Å². The molecule has 0 saturated carbocycles. The van der Waals surface area contributed by atoms with E-state index in [4.69, 9.17) is 10.00 Å². The average Bonchev–Trinajstić information content (AvgIpc) is 2.64. The van der Waals surface area contributed by atoms with Gasteiger partial charge < -0.3 is 4.74 Å². The zero-order valence-electron chi connectivity index (χ0n) is 14.2. The molecule has 0 unspecified atom stereocenters. The lowest BCUT2D eigenvalue weighted by Gasteiger charge is -2.06. The van der Waals surface area contributed by atoms with Gasteiger partial charge in [-0.3, -0.25) is 0 Å². The van der Waals surface area contributed by atoms with Crippen LogP contribution in [0.2, 0.25) is 0 Å². The maximum atomic E-state index is 12.1. The molecule has 0 heterocycles. The van der Waals surface area contributed by atoms with Crippen LogP contribution in [0.1, 0.15) is 42.0 Å². The first-order chi connectivity index (χ1) is 12.0. The van der Waals surface area contributed by atoms with E-state index in [1.165, 1.54) is 11.6 Å². The smallest absolute Gasteiger partial charge is 0.349 e. The number of benzene rings is 2. The van der Waals surface area contributed by atoms with Crippen molar-refractivity contribution in [1.82, 2.24) is 0 Å². The van der Waals surface area contributed by atoms with Gasteiger partial charge in [-0.1, -0.05) is 56.3 Å². The molecular weight excluding hydrogens is 312 g/mol. The van der Waals surface area contributed by atoms with E-state index in [1.54, 1.807) is 24.3 Å². The number of esters is 1. The van der Waals surface area contributed by atoms with Crippen LogP contribution in [0.5, 0.6) is 0 Å². The van der Waals surface area contributed by atoms with Crippen LogP contribution < -0.4 is 0 Å². The van der Waals surface area contributed by atoms with Crippen LogP contribution in [0.4, 0.5) is 0 Å². The highest BCUT2D eigenvalue weighted by molar-refractivity contribution is 5.97. The highest BCUT2D eigenvalue weighted by Gasteiger charge is 2.12. The molecule has 0 bridgehead atoms. The Morgan fingerprint density at radius 2 is 1.80 bits per heavy atom. The standard InChI is InChI=1S/C21H18N2O2/c1-15(2)17-9-7-16(8-10-17)11-20(13-23)21(24)25-14-19-6-4-3-5-18(19)12-22/h3-11,15H,14H2,1-2H3/b20-11+. The van der Waals surface area contributed by atoms with Crippen LogP contribution in [-0.2, 0) is 16.1 Å². The molecule has 0 aliphatic heterocycles. The Bertz CT molecular complexity index is 866. The van der Waals surface area contributed by atoms with Crippen molar-refractivity contribution in [2.24, 2.45) is 0 Å². The number of ether oxygens (including phenoxy) is 1. The largest absolute Gasteiger partial charge is 0.457 e. The minimum absolute atomic E-state index is 0.0477. The number of rotatable bonds is 5.